The Morgan fingerprint density at radius 3 is 2.60 bits per heavy atom. The Balaban J connectivity index is 2.09. The van der Waals surface area contributed by atoms with Crippen molar-refractivity contribution in [3.05, 3.63) is 64.7 Å². The molecule has 5 heteroatoms. The summed E-state index contributed by atoms with van der Waals surface area (Å²) in [6, 6.07) is 13.6. The van der Waals surface area contributed by atoms with Crippen LogP contribution in [0.5, 0.6) is 0 Å². The van der Waals surface area contributed by atoms with Crippen LogP contribution in [0.25, 0.3) is 0 Å². The summed E-state index contributed by atoms with van der Waals surface area (Å²) >= 11 is 5.45. The van der Waals surface area contributed by atoms with Crippen LogP contribution in [0.3, 0.4) is 0 Å². The van der Waals surface area contributed by atoms with Crippen molar-refractivity contribution in [3.63, 3.8) is 0 Å². The zero-order valence-corrected chi connectivity index (χ0v) is 15.9. The van der Waals surface area contributed by atoms with Crippen molar-refractivity contribution in [2.45, 2.75) is 33.2 Å². The highest BCUT2D eigenvalue weighted by Crippen LogP contribution is 2.22. The molecule has 4 nitrogen and oxygen atoms in total. The molecule has 0 unspecified atom stereocenters. The number of thiocarbonyl (C=S) groups is 1. The van der Waals surface area contributed by atoms with Crippen molar-refractivity contribution >= 4 is 29.0 Å². The van der Waals surface area contributed by atoms with E-state index in [2.05, 4.69) is 49.6 Å². The average molecular weight is 356 g/mol. The molecule has 0 amide bonds. The fourth-order valence-corrected chi connectivity index (χ4v) is 3.04. The first-order valence-electron chi connectivity index (χ1n) is 8.27. The molecule has 0 saturated heterocycles. The Labute approximate surface area is 154 Å². The standard InChI is InChI=1S/C20H24N2O2S/c1-5-18(17-10-9-13(2)11-14(17)3)22-20(25)21-16-8-6-7-15(12-16)19(23)24-4/h6-12,18H,5H2,1-4H3,(H2,21,22,25)/t18-/m1/s1. The highest BCUT2D eigenvalue weighted by molar-refractivity contribution is 7.80. The van der Waals surface area contributed by atoms with Gasteiger partial charge in [-0.15, -0.1) is 0 Å². The Hall–Kier alpha value is -2.40. The number of carbonyl (C=O) groups excluding carboxylic acids is 1. The van der Waals surface area contributed by atoms with Crippen molar-refractivity contribution < 1.29 is 9.53 Å². The summed E-state index contributed by atoms with van der Waals surface area (Å²) < 4.78 is 4.74. The van der Waals surface area contributed by atoms with Gasteiger partial charge in [0.25, 0.3) is 0 Å². The number of methoxy groups -OCH3 is 1. The van der Waals surface area contributed by atoms with Crippen molar-refractivity contribution in [2.75, 3.05) is 12.4 Å². The number of hydrogen-bond donors (Lipinski definition) is 2. The zero-order chi connectivity index (χ0) is 18.4. The van der Waals surface area contributed by atoms with Crippen LogP contribution in [0.1, 0.15) is 46.4 Å². The minimum absolute atomic E-state index is 0.129. The molecule has 0 aliphatic carbocycles. The molecule has 1 atom stereocenters. The van der Waals surface area contributed by atoms with Gasteiger partial charge in [-0.25, -0.2) is 4.79 Å². The molecule has 0 aliphatic heterocycles. The van der Waals surface area contributed by atoms with Crippen LogP contribution in [0, 0.1) is 13.8 Å². The summed E-state index contributed by atoms with van der Waals surface area (Å²) in [7, 11) is 1.37. The third kappa shape index (κ3) is 5.03. The highest BCUT2D eigenvalue weighted by atomic mass is 32.1. The maximum atomic E-state index is 11.6. The molecule has 0 spiro atoms. The van der Waals surface area contributed by atoms with Gasteiger partial charge in [0.2, 0.25) is 0 Å². The van der Waals surface area contributed by atoms with E-state index in [0.717, 1.165) is 12.1 Å². The van der Waals surface area contributed by atoms with Crippen LogP contribution in [0.2, 0.25) is 0 Å². The van der Waals surface area contributed by atoms with Crippen molar-refractivity contribution in [1.29, 1.82) is 0 Å². The van der Waals surface area contributed by atoms with Gasteiger partial charge in [0, 0.05) is 5.69 Å². The molecule has 132 valence electrons. The molecule has 0 heterocycles. The summed E-state index contributed by atoms with van der Waals surface area (Å²) in [6.45, 7) is 6.33. The maximum absolute atomic E-state index is 11.6. The SMILES string of the molecule is CC[C@@H](NC(=S)Nc1cccc(C(=O)OC)c1)c1ccc(C)cc1C. The van der Waals surface area contributed by atoms with Crippen LogP contribution in [-0.4, -0.2) is 18.2 Å². The second-order valence-corrected chi connectivity index (χ2v) is 6.40. The van der Waals surface area contributed by atoms with E-state index in [1.807, 2.05) is 6.07 Å². The van der Waals surface area contributed by atoms with Crippen molar-refractivity contribution in [1.82, 2.24) is 5.32 Å². The number of anilines is 1. The van der Waals surface area contributed by atoms with E-state index in [4.69, 9.17) is 17.0 Å². The third-order valence-corrected chi connectivity index (χ3v) is 4.28. The van der Waals surface area contributed by atoms with Gasteiger partial charge in [0.15, 0.2) is 5.11 Å². The lowest BCUT2D eigenvalue weighted by Crippen LogP contribution is -2.32. The summed E-state index contributed by atoms with van der Waals surface area (Å²) in [5.41, 5.74) is 4.96. The fourth-order valence-electron chi connectivity index (χ4n) is 2.78. The number of ether oxygens (including phenoxy) is 1. The van der Waals surface area contributed by atoms with E-state index in [1.165, 1.54) is 23.8 Å². The summed E-state index contributed by atoms with van der Waals surface area (Å²) in [6.07, 6.45) is 0.911. The third-order valence-electron chi connectivity index (χ3n) is 4.06. The number of rotatable bonds is 5. The summed E-state index contributed by atoms with van der Waals surface area (Å²) in [4.78, 5) is 11.6. The molecular formula is C20H24N2O2S. The average Bonchev–Trinajstić information content (AvgIpc) is 2.59. The maximum Gasteiger partial charge on any atom is 0.337 e. The van der Waals surface area contributed by atoms with Gasteiger partial charge in [-0.1, -0.05) is 36.8 Å². The topological polar surface area (TPSA) is 50.4 Å². The zero-order valence-electron chi connectivity index (χ0n) is 15.1. The first-order chi connectivity index (χ1) is 11.9. The van der Waals surface area contributed by atoms with Crippen LogP contribution >= 0.6 is 12.2 Å². The molecule has 0 saturated carbocycles. The van der Waals surface area contributed by atoms with Gasteiger partial charge < -0.3 is 15.4 Å². The quantitative estimate of drug-likeness (QED) is 0.609. The Morgan fingerprint density at radius 2 is 1.96 bits per heavy atom. The van der Waals surface area contributed by atoms with Gasteiger partial charge in [0.1, 0.15) is 0 Å². The molecule has 2 aromatic rings. The van der Waals surface area contributed by atoms with Gasteiger partial charge in [-0.05, 0) is 61.8 Å². The molecule has 2 rings (SSSR count). The minimum atomic E-state index is -0.371. The second-order valence-electron chi connectivity index (χ2n) is 5.99. The Kier molecular flexibility index (Phi) is 6.53. The largest absolute Gasteiger partial charge is 0.465 e. The molecule has 0 aromatic heterocycles. The number of esters is 1. The van der Waals surface area contributed by atoms with Gasteiger partial charge in [-0.2, -0.15) is 0 Å². The van der Waals surface area contributed by atoms with Gasteiger partial charge in [0.05, 0.1) is 18.7 Å². The minimum Gasteiger partial charge on any atom is -0.465 e. The lowest BCUT2D eigenvalue weighted by Gasteiger charge is -2.22. The van der Waals surface area contributed by atoms with E-state index in [0.29, 0.717) is 10.7 Å². The number of aryl methyl sites for hydroxylation is 2. The van der Waals surface area contributed by atoms with Crippen molar-refractivity contribution in [2.24, 2.45) is 0 Å². The van der Waals surface area contributed by atoms with E-state index in [-0.39, 0.29) is 12.0 Å². The van der Waals surface area contributed by atoms with Crippen LogP contribution in [-0.2, 0) is 4.74 Å². The van der Waals surface area contributed by atoms with Gasteiger partial charge in [-0.3, -0.25) is 0 Å². The van der Waals surface area contributed by atoms with E-state index < -0.39 is 0 Å². The normalized spacial score (nSPS) is 11.5. The predicted octanol–water partition coefficient (Wildman–Crippen LogP) is 4.53. The van der Waals surface area contributed by atoms with E-state index in [9.17, 15) is 4.79 Å². The second kappa shape index (κ2) is 8.62. The van der Waals surface area contributed by atoms with Crippen LogP contribution < -0.4 is 10.6 Å². The molecule has 0 bridgehead atoms. The molecule has 0 radical (unpaired) electrons. The lowest BCUT2D eigenvalue weighted by molar-refractivity contribution is 0.0601. The summed E-state index contributed by atoms with van der Waals surface area (Å²) in [5.74, 6) is -0.371. The fraction of sp³-hybridized carbons (Fsp3) is 0.300. The van der Waals surface area contributed by atoms with Crippen molar-refractivity contribution in [3.8, 4) is 0 Å². The number of nitrogens with one attached hydrogen (secondary N) is 2. The number of carbonyl (C=O) groups is 1. The molecule has 2 N–H and O–H groups in total. The molecular weight excluding hydrogens is 332 g/mol. The monoisotopic (exact) mass is 356 g/mol. The van der Waals surface area contributed by atoms with Crippen LogP contribution in [0.15, 0.2) is 42.5 Å². The van der Waals surface area contributed by atoms with E-state index >= 15 is 0 Å². The smallest absolute Gasteiger partial charge is 0.337 e. The predicted molar refractivity (Wildman–Crippen MR) is 106 cm³/mol. The summed E-state index contributed by atoms with van der Waals surface area (Å²) in [5, 5.41) is 7.02. The lowest BCUT2D eigenvalue weighted by atomic mass is 9.98. The van der Waals surface area contributed by atoms with Gasteiger partial charge >= 0.3 is 5.97 Å². The Morgan fingerprint density at radius 1 is 1.20 bits per heavy atom. The molecule has 25 heavy (non-hydrogen) atoms. The number of hydrogen-bond acceptors (Lipinski definition) is 3. The number of benzene rings is 2. The molecule has 0 fully saturated rings. The Bertz CT molecular complexity index is 774. The first-order valence-corrected chi connectivity index (χ1v) is 8.68. The highest BCUT2D eigenvalue weighted by Gasteiger charge is 2.13. The first kappa shape index (κ1) is 18.9. The molecule has 0 aliphatic rings. The molecule has 2 aromatic carbocycles. The van der Waals surface area contributed by atoms with Crippen LogP contribution in [0.4, 0.5) is 5.69 Å². The van der Waals surface area contributed by atoms with E-state index in [1.54, 1.807) is 18.2 Å².